The lowest BCUT2D eigenvalue weighted by Gasteiger charge is -2.18. The van der Waals surface area contributed by atoms with E-state index in [-0.39, 0.29) is 24.4 Å². The molecule has 0 spiro atoms. The molecule has 0 aromatic heterocycles. The highest BCUT2D eigenvalue weighted by Crippen LogP contribution is 2.30. The molecule has 0 atom stereocenters. The molecule has 2 aromatic carbocycles. The zero-order valence-corrected chi connectivity index (χ0v) is 15.4. The first-order chi connectivity index (χ1) is 13.6. The van der Waals surface area contributed by atoms with Crippen molar-refractivity contribution >= 4 is 29.2 Å². The largest absolute Gasteiger partial charge is 0.323 e. The maximum Gasteiger partial charge on any atom is 0.323 e. The quantitative estimate of drug-likeness (QED) is 0.839. The normalized spacial score (nSPS) is 16.2. The molecule has 4 rings (SSSR count). The minimum absolute atomic E-state index is 0.0103. The molecule has 2 N–H and O–H groups in total. The molecule has 28 heavy (non-hydrogen) atoms. The van der Waals surface area contributed by atoms with Gasteiger partial charge in [-0.2, -0.15) is 0 Å². The number of nitrogens with one attached hydrogen (secondary N) is 2. The van der Waals surface area contributed by atoms with Gasteiger partial charge < -0.3 is 20.4 Å². The highest BCUT2D eigenvalue weighted by molar-refractivity contribution is 6.01. The van der Waals surface area contributed by atoms with E-state index < -0.39 is 0 Å². The zero-order valence-electron chi connectivity index (χ0n) is 15.4. The fourth-order valence-corrected chi connectivity index (χ4v) is 3.20. The van der Waals surface area contributed by atoms with Gasteiger partial charge in [0.05, 0.1) is 6.67 Å². The van der Waals surface area contributed by atoms with Crippen molar-refractivity contribution in [1.29, 1.82) is 0 Å². The van der Waals surface area contributed by atoms with E-state index in [0.29, 0.717) is 29.5 Å². The molecule has 0 unspecified atom stereocenters. The third-order valence-electron chi connectivity index (χ3n) is 4.90. The lowest BCUT2D eigenvalue weighted by molar-refractivity contribution is -0.126. The summed E-state index contributed by atoms with van der Waals surface area (Å²) in [6.07, 6.45) is 2.34. The van der Waals surface area contributed by atoms with Gasteiger partial charge in [-0.25, -0.2) is 4.79 Å². The van der Waals surface area contributed by atoms with Crippen molar-refractivity contribution in [2.45, 2.75) is 12.8 Å². The number of hydrogen-bond donors (Lipinski definition) is 2. The third-order valence-corrected chi connectivity index (χ3v) is 4.90. The van der Waals surface area contributed by atoms with Crippen LogP contribution in [0.1, 0.15) is 23.2 Å². The lowest BCUT2D eigenvalue weighted by Crippen LogP contribution is -2.32. The summed E-state index contributed by atoms with van der Waals surface area (Å²) in [6, 6.07) is 15.5. The molecular weight excluding hydrogens is 356 g/mol. The highest BCUT2D eigenvalue weighted by Gasteiger charge is 2.34. The SMILES string of the molecule is O=C(Nc1ccccc1)Nc1ccc(C(=O)N2CC(=O)N(CC3CC3)C2)cc1. The van der Waals surface area contributed by atoms with Crippen molar-refractivity contribution in [3.63, 3.8) is 0 Å². The molecule has 7 heteroatoms. The molecule has 1 saturated heterocycles. The second-order valence-electron chi connectivity index (χ2n) is 7.23. The van der Waals surface area contributed by atoms with Crippen LogP contribution in [-0.2, 0) is 4.79 Å². The van der Waals surface area contributed by atoms with Crippen LogP contribution in [-0.4, -0.2) is 47.4 Å². The van der Waals surface area contributed by atoms with E-state index in [4.69, 9.17) is 0 Å². The van der Waals surface area contributed by atoms with E-state index in [2.05, 4.69) is 10.6 Å². The number of rotatable bonds is 5. The Labute approximate surface area is 163 Å². The van der Waals surface area contributed by atoms with E-state index in [0.717, 1.165) is 6.54 Å². The monoisotopic (exact) mass is 378 g/mol. The number of nitrogens with zero attached hydrogens (tertiary/aromatic N) is 2. The van der Waals surface area contributed by atoms with Gasteiger partial charge in [0, 0.05) is 23.5 Å². The van der Waals surface area contributed by atoms with Crippen LogP contribution in [0.4, 0.5) is 16.2 Å². The summed E-state index contributed by atoms with van der Waals surface area (Å²) in [7, 11) is 0. The molecule has 1 aliphatic heterocycles. The molecule has 7 nitrogen and oxygen atoms in total. The van der Waals surface area contributed by atoms with Gasteiger partial charge in [0.25, 0.3) is 5.91 Å². The van der Waals surface area contributed by atoms with Gasteiger partial charge in [-0.1, -0.05) is 18.2 Å². The minimum atomic E-state index is -0.355. The van der Waals surface area contributed by atoms with Crippen LogP contribution < -0.4 is 10.6 Å². The van der Waals surface area contributed by atoms with Crippen molar-refractivity contribution in [3.05, 3.63) is 60.2 Å². The van der Waals surface area contributed by atoms with Crippen LogP contribution in [0.15, 0.2) is 54.6 Å². The zero-order chi connectivity index (χ0) is 19.5. The van der Waals surface area contributed by atoms with E-state index in [1.165, 1.54) is 12.8 Å². The van der Waals surface area contributed by atoms with E-state index in [1.807, 2.05) is 18.2 Å². The summed E-state index contributed by atoms with van der Waals surface area (Å²) in [5, 5.41) is 5.47. The summed E-state index contributed by atoms with van der Waals surface area (Å²) in [5.41, 5.74) is 1.77. The van der Waals surface area contributed by atoms with E-state index >= 15 is 0 Å². The van der Waals surface area contributed by atoms with E-state index in [1.54, 1.807) is 46.2 Å². The van der Waals surface area contributed by atoms with Gasteiger partial charge >= 0.3 is 6.03 Å². The summed E-state index contributed by atoms with van der Waals surface area (Å²) < 4.78 is 0. The highest BCUT2D eigenvalue weighted by atomic mass is 16.2. The maximum absolute atomic E-state index is 12.7. The van der Waals surface area contributed by atoms with Crippen LogP contribution in [0.5, 0.6) is 0 Å². The first-order valence-corrected chi connectivity index (χ1v) is 9.38. The number of benzene rings is 2. The molecule has 2 aliphatic rings. The topological polar surface area (TPSA) is 81.8 Å². The number of hydrogen-bond acceptors (Lipinski definition) is 3. The summed E-state index contributed by atoms with van der Waals surface area (Å²) >= 11 is 0. The van der Waals surface area contributed by atoms with Crippen LogP contribution in [0.2, 0.25) is 0 Å². The Hall–Kier alpha value is -3.35. The van der Waals surface area contributed by atoms with Crippen molar-refractivity contribution in [2.75, 3.05) is 30.4 Å². The molecular formula is C21H22N4O3. The van der Waals surface area contributed by atoms with Gasteiger partial charge in [0.2, 0.25) is 5.91 Å². The molecule has 1 heterocycles. The first-order valence-electron chi connectivity index (χ1n) is 9.38. The molecule has 144 valence electrons. The number of anilines is 2. The average Bonchev–Trinajstić information content (AvgIpc) is 3.44. The van der Waals surface area contributed by atoms with Crippen molar-refractivity contribution in [3.8, 4) is 0 Å². The van der Waals surface area contributed by atoms with Gasteiger partial charge in [0.1, 0.15) is 6.54 Å². The van der Waals surface area contributed by atoms with Crippen molar-refractivity contribution in [1.82, 2.24) is 9.80 Å². The van der Waals surface area contributed by atoms with Crippen molar-refractivity contribution in [2.24, 2.45) is 5.92 Å². The molecule has 2 aromatic rings. The number of urea groups is 1. The van der Waals surface area contributed by atoms with Gasteiger partial charge in [0.15, 0.2) is 0 Å². The van der Waals surface area contributed by atoms with Crippen LogP contribution in [0.3, 0.4) is 0 Å². The second-order valence-corrected chi connectivity index (χ2v) is 7.23. The standard InChI is InChI=1S/C21H22N4O3/c26-19-13-25(14-24(19)12-15-6-7-15)20(27)16-8-10-18(11-9-16)23-21(28)22-17-4-2-1-3-5-17/h1-5,8-11,15H,6-7,12-14H2,(H2,22,23,28). The summed E-state index contributed by atoms with van der Waals surface area (Å²) in [5.74, 6) is 0.439. The van der Waals surface area contributed by atoms with Crippen LogP contribution >= 0.6 is 0 Å². The fraction of sp³-hybridized carbons (Fsp3) is 0.286. The molecule has 1 saturated carbocycles. The summed E-state index contributed by atoms with van der Waals surface area (Å²) in [4.78, 5) is 40.1. The molecule has 2 fully saturated rings. The smallest absolute Gasteiger partial charge is 0.323 e. The summed E-state index contributed by atoms with van der Waals surface area (Å²) in [6.45, 7) is 1.24. The Morgan fingerprint density at radius 3 is 2.21 bits per heavy atom. The van der Waals surface area contributed by atoms with Gasteiger partial charge in [-0.05, 0) is 55.2 Å². The molecule has 4 amide bonds. The maximum atomic E-state index is 12.7. The predicted octanol–water partition coefficient (Wildman–Crippen LogP) is 2.98. The lowest BCUT2D eigenvalue weighted by atomic mass is 10.2. The Kier molecular flexibility index (Phi) is 4.97. The Morgan fingerprint density at radius 2 is 1.57 bits per heavy atom. The molecule has 1 aliphatic carbocycles. The van der Waals surface area contributed by atoms with Crippen LogP contribution in [0.25, 0.3) is 0 Å². The van der Waals surface area contributed by atoms with Gasteiger partial charge in [-0.15, -0.1) is 0 Å². The third kappa shape index (κ3) is 4.31. The number of amides is 4. The number of para-hydroxylation sites is 1. The average molecular weight is 378 g/mol. The number of carbonyl (C=O) groups is 3. The van der Waals surface area contributed by atoms with Gasteiger partial charge in [-0.3, -0.25) is 9.59 Å². The Balaban J connectivity index is 1.33. The number of carbonyl (C=O) groups excluding carboxylic acids is 3. The Morgan fingerprint density at radius 1 is 0.929 bits per heavy atom. The van der Waals surface area contributed by atoms with E-state index in [9.17, 15) is 14.4 Å². The molecule has 0 radical (unpaired) electrons. The Bertz CT molecular complexity index is 878. The second kappa shape index (κ2) is 7.72. The minimum Gasteiger partial charge on any atom is -0.323 e. The first kappa shape index (κ1) is 18.0. The fourth-order valence-electron chi connectivity index (χ4n) is 3.20. The van der Waals surface area contributed by atoms with Crippen LogP contribution in [0, 0.1) is 5.92 Å². The van der Waals surface area contributed by atoms with Crippen molar-refractivity contribution < 1.29 is 14.4 Å². The predicted molar refractivity (Wildman–Crippen MR) is 106 cm³/mol. The molecule has 0 bridgehead atoms.